The summed E-state index contributed by atoms with van der Waals surface area (Å²) in [5.74, 6) is 0. The minimum Gasteiger partial charge on any atom is -0.146 e. The molecule has 2 aromatic carbocycles. The minimum atomic E-state index is -2.07. The second-order valence-electron chi connectivity index (χ2n) is 5.53. The molecule has 0 aliphatic heterocycles. The summed E-state index contributed by atoms with van der Waals surface area (Å²) < 4.78 is 0. The molecule has 0 aromatic heterocycles. The quantitative estimate of drug-likeness (QED) is 0.399. The average Bonchev–Trinajstić information content (AvgIpc) is 2.49. The van der Waals surface area contributed by atoms with Crippen molar-refractivity contribution in [2.75, 3.05) is 0 Å². The number of halogens is 2. The highest BCUT2D eigenvalue weighted by molar-refractivity contribution is 7.45. The molecule has 21 heavy (non-hydrogen) atoms. The highest BCUT2D eigenvalue weighted by Gasteiger charge is 2.26. The van der Waals surface area contributed by atoms with E-state index in [2.05, 4.69) is 60.7 Å². The molecule has 0 amide bonds. The van der Waals surface area contributed by atoms with Crippen molar-refractivity contribution in [2.24, 2.45) is 0 Å². The fourth-order valence-corrected chi connectivity index (χ4v) is 5.76. The van der Waals surface area contributed by atoms with Crippen LogP contribution in [0.1, 0.15) is 24.0 Å². The lowest BCUT2D eigenvalue weighted by atomic mass is 10.1. The van der Waals surface area contributed by atoms with Crippen LogP contribution in [-0.4, -0.2) is 6.69 Å². The number of benzene rings is 2. The van der Waals surface area contributed by atoms with Crippen LogP contribution in [0.4, 0.5) is 0 Å². The summed E-state index contributed by atoms with van der Waals surface area (Å²) in [7, 11) is 0. The Bertz CT molecular complexity index is 464. The Hall–Kier alpha value is -0.763. The molecule has 0 saturated heterocycles. The molecule has 0 aliphatic carbocycles. The first-order valence-corrected chi connectivity index (χ1v) is 12.1. The third-order valence-electron chi connectivity index (χ3n) is 3.70. The van der Waals surface area contributed by atoms with Crippen LogP contribution in [-0.2, 0) is 12.8 Å². The fraction of sp³-hybridized carbons (Fsp3) is 0.333. The van der Waals surface area contributed by atoms with Crippen LogP contribution in [0.15, 0.2) is 60.7 Å². The molecular weight excluding hydrogens is 315 g/mol. The monoisotopic (exact) mass is 336 g/mol. The maximum atomic E-state index is 6.57. The van der Waals surface area contributed by atoms with Crippen molar-refractivity contribution < 1.29 is 0 Å². The third kappa shape index (κ3) is 6.69. The van der Waals surface area contributed by atoms with Crippen molar-refractivity contribution in [1.29, 1.82) is 0 Å². The molecule has 0 heterocycles. The van der Waals surface area contributed by atoms with Crippen LogP contribution in [0.25, 0.3) is 0 Å². The molecule has 0 bridgehead atoms. The van der Waals surface area contributed by atoms with Crippen LogP contribution < -0.4 is 0 Å². The largest absolute Gasteiger partial charge is 0.251 e. The molecule has 2 aromatic rings. The van der Waals surface area contributed by atoms with E-state index in [1.807, 2.05) is 0 Å². The van der Waals surface area contributed by atoms with E-state index >= 15 is 0 Å². The summed E-state index contributed by atoms with van der Waals surface area (Å²) in [6.45, 7) is -2.07. The molecule has 3 heteroatoms. The van der Waals surface area contributed by atoms with Crippen molar-refractivity contribution in [3.05, 3.63) is 71.8 Å². The molecule has 0 spiro atoms. The molecule has 0 saturated carbocycles. The molecular formula is C18H22Cl2Si. The number of hydrogen-bond acceptors (Lipinski definition) is 0. The van der Waals surface area contributed by atoms with Crippen LogP contribution in [0.2, 0.25) is 12.1 Å². The Kier molecular flexibility index (Phi) is 6.82. The second kappa shape index (κ2) is 8.62. The first-order valence-electron chi connectivity index (χ1n) is 7.61. The van der Waals surface area contributed by atoms with Gasteiger partial charge in [0.25, 0.3) is 6.69 Å². The SMILES string of the molecule is Cl[Si](Cl)(CCCc1ccccc1)CCCc1ccccc1. The van der Waals surface area contributed by atoms with Crippen LogP contribution in [0, 0.1) is 0 Å². The summed E-state index contributed by atoms with van der Waals surface area (Å²) in [6, 6.07) is 23.1. The van der Waals surface area contributed by atoms with Gasteiger partial charge in [-0.15, -0.1) is 22.2 Å². The van der Waals surface area contributed by atoms with E-state index in [9.17, 15) is 0 Å². The fourth-order valence-electron chi connectivity index (χ4n) is 2.52. The molecule has 0 aliphatic rings. The van der Waals surface area contributed by atoms with E-state index in [-0.39, 0.29) is 0 Å². The van der Waals surface area contributed by atoms with Crippen molar-refractivity contribution in [2.45, 2.75) is 37.8 Å². The maximum Gasteiger partial charge on any atom is 0.251 e. The zero-order valence-electron chi connectivity index (χ0n) is 12.3. The number of hydrogen-bond donors (Lipinski definition) is 0. The second-order valence-corrected chi connectivity index (χ2v) is 13.2. The Balaban J connectivity index is 1.67. The predicted octanol–water partition coefficient (Wildman–Crippen LogP) is 6.17. The van der Waals surface area contributed by atoms with Crippen molar-refractivity contribution in [3.8, 4) is 0 Å². The van der Waals surface area contributed by atoms with Gasteiger partial charge in [-0.3, -0.25) is 0 Å². The Labute approximate surface area is 138 Å². The zero-order valence-corrected chi connectivity index (χ0v) is 14.8. The molecule has 0 fully saturated rings. The molecule has 0 atom stereocenters. The predicted molar refractivity (Wildman–Crippen MR) is 96.6 cm³/mol. The minimum absolute atomic E-state index is 0.986. The lowest BCUT2D eigenvalue weighted by molar-refractivity contribution is 0.877. The number of aryl methyl sites for hydroxylation is 2. The van der Waals surface area contributed by atoms with E-state index in [1.165, 1.54) is 11.1 Å². The van der Waals surface area contributed by atoms with Gasteiger partial charge in [0.15, 0.2) is 0 Å². The van der Waals surface area contributed by atoms with Gasteiger partial charge >= 0.3 is 0 Å². The van der Waals surface area contributed by atoms with Crippen LogP contribution in [0.3, 0.4) is 0 Å². The molecule has 2 rings (SSSR count). The van der Waals surface area contributed by atoms with Gasteiger partial charge in [0.2, 0.25) is 0 Å². The van der Waals surface area contributed by atoms with E-state index in [0.29, 0.717) is 0 Å². The summed E-state index contributed by atoms with van der Waals surface area (Å²) in [5.41, 5.74) is 2.75. The highest BCUT2D eigenvalue weighted by atomic mass is 35.7. The normalized spacial score (nSPS) is 11.5. The standard InChI is InChI=1S/C18H22Cl2Si/c19-21(20,15-7-13-17-9-3-1-4-10-17)16-8-14-18-11-5-2-6-12-18/h1-6,9-12H,7-8,13-16H2. The van der Waals surface area contributed by atoms with Gasteiger partial charge in [0.1, 0.15) is 0 Å². The third-order valence-corrected chi connectivity index (χ3v) is 8.14. The summed E-state index contributed by atoms with van der Waals surface area (Å²) >= 11 is 13.1. The number of rotatable bonds is 8. The van der Waals surface area contributed by atoms with Crippen LogP contribution >= 0.6 is 22.2 Å². The van der Waals surface area contributed by atoms with Gasteiger partial charge in [0, 0.05) is 0 Å². The summed E-state index contributed by atoms with van der Waals surface area (Å²) in [6.07, 6.45) is 4.34. The van der Waals surface area contributed by atoms with E-state index < -0.39 is 6.69 Å². The average molecular weight is 337 g/mol. The Morgan fingerprint density at radius 3 is 1.38 bits per heavy atom. The van der Waals surface area contributed by atoms with Crippen molar-refractivity contribution in [1.82, 2.24) is 0 Å². The van der Waals surface area contributed by atoms with Gasteiger partial charge in [-0.25, -0.2) is 0 Å². The van der Waals surface area contributed by atoms with Crippen molar-refractivity contribution >= 4 is 28.9 Å². The highest BCUT2D eigenvalue weighted by Crippen LogP contribution is 2.30. The Morgan fingerprint density at radius 1 is 0.619 bits per heavy atom. The molecule has 0 unspecified atom stereocenters. The zero-order chi connectivity index (χ0) is 15.0. The smallest absolute Gasteiger partial charge is 0.146 e. The molecule has 0 radical (unpaired) electrons. The van der Waals surface area contributed by atoms with Crippen molar-refractivity contribution in [3.63, 3.8) is 0 Å². The summed E-state index contributed by atoms with van der Waals surface area (Å²) in [5, 5.41) is 0. The molecule has 0 nitrogen and oxygen atoms in total. The summed E-state index contributed by atoms with van der Waals surface area (Å²) in [4.78, 5) is 0. The van der Waals surface area contributed by atoms with E-state index in [4.69, 9.17) is 22.2 Å². The molecule has 112 valence electrons. The molecule has 0 N–H and O–H groups in total. The Morgan fingerprint density at radius 2 is 1.00 bits per heavy atom. The maximum absolute atomic E-state index is 6.57. The van der Waals surface area contributed by atoms with Gasteiger partial charge in [0.05, 0.1) is 0 Å². The van der Waals surface area contributed by atoms with Gasteiger partial charge in [-0.1, -0.05) is 60.7 Å². The lowest BCUT2D eigenvalue weighted by Gasteiger charge is -2.16. The lowest BCUT2D eigenvalue weighted by Crippen LogP contribution is -2.18. The first kappa shape index (κ1) is 16.6. The van der Waals surface area contributed by atoms with E-state index in [0.717, 1.165) is 37.8 Å². The van der Waals surface area contributed by atoms with Gasteiger partial charge in [-0.2, -0.15) is 0 Å². The van der Waals surface area contributed by atoms with Crippen LogP contribution in [0.5, 0.6) is 0 Å². The van der Waals surface area contributed by atoms with E-state index in [1.54, 1.807) is 0 Å². The van der Waals surface area contributed by atoms with Gasteiger partial charge in [-0.05, 0) is 48.9 Å². The first-order chi connectivity index (χ1) is 10.2. The van der Waals surface area contributed by atoms with Gasteiger partial charge < -0.3 is 0 Å². The topological polar surface area (TPSA) is 0 Å².